The van der Waals surface area contributed by atoms with Crippen LogP contribution in [0, 0.1) is 6.92 Å². The van der Waals surface area contributed by atoms with Crippen molar-refractivity contribution in [2.45, 2.75) is 18.0 Å². The summed E-state index contributed by atoms with van der Waals surface area (Å²) in [5, 5.41) is 2.51. The Labute approximate surface area is 166 Å². The highest BCUT2D eigenvalue weighted by atomic mass is 32.2. The highest BCUT2D eigenvalue weighted by Crippen LogP contribution is 2.32. The van der Waals surface area contributed by atoms with Crippen LogP contribution in [0.5, 0.6) is 0 Å². The van der Waals surface area contributed by atoms with Gasteiger partial charge >= 0.3 is 6.18 Å². The highest BCUT2D eigenvalue weighted by Gasteiger charge is 2.28. The lowest BCUT2D eigenvalue weighted by molar-refractivity contribution is -0.114. The number of sulfonamides is 1. The van der Waals surface area contributed by atoms with E-state index < -0.39 is 34.4 Å². The quantitative estimate of drug-likeness (QED) is 0.671. The van der Waals surface area contributed by atoms with Gasteiger partial charge in [-0.15, -0.1) is 11.8 Å². The van der Waals surface area contributed by atoms with Crippen LogP contribution in [0.4, 0.5) is 24.5 Å². The van der Waals surface area contributed by atoms with Crippen LogP contribution in [0.2, 0.25) is 0 Å². The summed E-state index contributed by atoms with van der Waals surface area (Å²) in [5.74, 6) is -1.76. The zero-order chi connectivity index (χ0) is 20.9. The first-order chi connectivity index (χ1) is 13.0. The molecular formula is C18H19F3N2O3S2. The van der Waals surface area contributed by atoms with Gasteiger partial charge in [-0.05, 0) is 30.7 Å². The zero-order valence-corrected chi connectivity index (χ0v) is 16.8. The Morgan fingerprint density at radius 3 is 2.32 bits per heavy atom. The fourth-order valence-corrected chi connectivity index (χ4v) is 4.08. The van der Waals surface area contributed by atoms with E-state index in [2.05, 4.69) is 5.32 Å². The van der Waals surface area contributed by atoms with E-state index >= 15 is 0 Å². The van der Waals surface area contributed by atoms with Crippen molar-refractivity contribution in [2.24, 2.45) is 0 Å². The van der Waals surface area contributed by atoms with Gasteiger partial charge in [0.25, 0.3) is 0 Å². The van der Waals surface area contributed by atoms with Crippen molar-refractivity contribution in [3.8, 4) is 0 Å². The lowest BCUT2D eigenvalue weighted by Crippen LogP contribution is -2.37. The summed E-state index contributed by atoms with van der Waals surface area (Å²) in [7, 11) is -3.75. The molecule has 0 atom stereocenters. The first-order valence-corrected chi connectivity index (χ1v) is 10.9. The molecule has 28 heavy (non-hydrogen) atoms. The average Bonchev–Trinajstić information content (AvgIpc) is 2.58. The van der Waals surface area contributed by atoms with E-state index in [0.29, 0.717) is 23.0 Å². The van der Waals surface area contributed by atoms with E-state index in [1.807, 2.05) is 0 Å². The number of rotatable bonds is 7. The number of alkyl halides is 3. The molecule has 0 aromatic heterocycles. The molecule has 0 saturated heterocycles. The Kier molecular flexibility index (Phi) is 7.00. The van der Waals surface area contributed by atoms with E-state index in [0.717, 1.165) is 10.6 Å². The van der Waals surface area contributed by atoms with E-state index in [9.17, 15) is 26.4 Å². The van der Waals surface area contributed by atoms with Gasteiger partial charge in [-0.1, -0.05) is 30.3 Å². The van der Waals surface area contributed by atoms with Crippen LogP contribution < -0.4 is 9.62 Å². The Morgan fingerprint density at radius 1 is 1.11 bits per heavy atom. The summed E-state index contributed by atoms with van der Waals surface area (Å²) < 4.78 is 62.7. The second kappa shape index (κ2) is 8.87. The van der Waals surface area contributed by atoms with Crippen LogP contribution in [0.1, 0.15) is 5.56 Å². The topological polar surface area (TPSA) is 66.5 Å². The number of nitrogens with one attached hydrogen (secondary N) is 1. The molecule has 0 radical (unpaired) electrons. The summed E-state index contributed by atoms with van der Waals surface area (Å²) in [5.41, 5.74) is 1.22. The Hall–Kier alpha value is -2.20. The summed E-state index contributed by atoms with van der Waals surface area (Å²) in [6.45, 7) is 1.22. The largest absolute Gasteiger partial charge is 0.398 e. The second-order valence-electron chi connectivity index (χ2n) is 6.00. The van der Waals surface area contributed by atoms with Crippen LogP contribution in [0.15, 0.2) is 53.4 Å². The minimum atomic E-state index is -4.35. The van der Waals surface area contributed by atoms with Gasteiger partial charge in [-0.25, -0.2) is 8.42 Å². The fourth-order valence-electron chi connectivity index (χ4n) is 2.40. The fraction of sp³-hybridized carbons (Fsp3) is 0.278. The molecule has 0 fully saturated rings. The maximum absolute atomic E-state index is 12.5. The van der Waals surface area contributed by atoms with Crippen molar-refractivity contribution in [3.63, 3.8) is 0 Å². The van der Waals surface area contributed by atoms with Crippen LogP contribution in [0.25, 0.3) is 0 Å². The number of carbonyl (C=O) groups is 1. The molecule has 1 N–H and O–H groups in total. The number of para-hydroxylation sites is 2. The third-order valence-corrected chi connectivity index (χ3v) is 5.89. The predicted molar refractivity (Wildman–Crippen MR) is 105 cm³/mol. The molecule has 10 heteroatoms. The molecule has 2 rings (SSSR count). The number of benzene rings is 2. The van der Waals surface area contributed by atoms with E-state index in [1.165, 1.54) is 12.1 Å². The summed E-state index contributed by atoms with van der Waals surface area (Å²) in [6, 6.07) is 12.8. The number of halogens is 3. The van der Waals surface area contributed by atoms with Crippen molar-refractivity contribution < 1.29 is 26.4 Å². The lowest BCUT2D eigenvalue weighted by Gasteiger charge is -2.23. The molecule has 0 heterocycles. The van der Waals surface area contributed by atoms with Crippen molar-refractivity contribution in [2.75, 3.05) is 28.2 Å². The number of thioether (sulfide) groups is 1. The molecule has 0 aliphatic carbocycles. The number of carbonyl (C=O) groups excluding carboxylic acids is 1. The van der Waals surface area contributed by atoms with Crippen LogP contribution in [0.3, 0.4) is 0 Å². The lowest BCUT2D eigenvalue weighted by atomic mass is 10.2. The number of hydrogen-bond donors (Lipinski definition) is 1. The predicted octanol–water partition coefficient (Wildman–Crippen LogP) is 4.05. The Morgan fingerprint density at radius 2 is 1.71 bits per heavy atom. The van der Waals surface area contributed by atoms with Crippen molar-refractivity contribution in [3.05, 3.63) is 54.1 Å². The van der Waals surface area contributed by atoms with Crippen molar-refractivity contribution in [1.82, 2.24) is 0 Å². The summed E-state index contributed by atoms with van der Waals surface area (Å²) >= 11 is 0.548. The Bertz CT molecular complexity index is 947. The molecular weight excluding hydrogens is 413 g/mol. The smallest absolute Gasteiger partial charge is 0.323 e. The van der Waals surface area contributed by atoms with Crippen LogP contribution in [-0.4, -0.2) is 39.1 Å². The van der Waals surface area contributed by atoms with Gasteiger partial charge in [0.15, 0.2) is 0 Å². The molecule has 2 aromatic carbocycles. The van der Waals surface area contributed by atoms with E-state index in [1.54, 1.807) is 43.3 Å². The number of aryl methyl sites for hydroxylation is 1. The first kappa shape index (κ1) is 22.1. The van der Waals surface area contributed by atoms with Crippen LogP contribution in [-0.2, 0) is 14.8 Å². The molecule has 5 nitrogen and oxygen atoms in total. The molecule has 0 aliphatic heterocycles. The Balaban J connectivity index is 2.19. The maximum atomic E-state index is 12.5. The SMILES string of the molecule is Cc1ccccc1N(CC(=O)Nc1ccccc1SCC(F)(F)F)S(C)(=O)=O. The van der Waals surface area contributed by atoms with Gasteiger partial charge in [0.2, 0.25) is 15.9 Å². The number of nitrogens with zero attached hydrogens (tertiary/aromatic N) is 1. The molecule has 0 unspecified atom stereocenters. The number of hydrogen-bond acceptors (Lipinski definition) is 4. The van der Waals surface area contributed by atoms with Crippen molar-refractivity contribution >= 4 is 39.1 Å². The molecule has 0 aliphatic rings. The monoisotopic (exact) mass is 432 g/mol. The summed E-state index contributed by atoms with van der Waals surface area (Å²) in [6.07, 6.45) is -3.36. The summed E-state index contributed by atoms with van der Waals surface area (Å²) in [4.78, 5) is 12.7. The van der Waals surface area contributed by atoms with E-state index in [4.69, 9.17) is 0 Å². The normalized spacial score (nSPS) is 11.9. The van der Waals surface area contributed by atoms with Gasteiger partial charge in [0, 0.05) is 4.90 Å². The second-order valence-corrected chi connectivity index (χ2v) is 8.93. The molecule has 0 spiro atoms. The van der Waals surface area contributed by atoms with Gasteiger partial charge in [0.05, 0.1) is 23.4 Å². The van der Waals surface area contributed by atoms with E-state index in [-0.39, 0.29) is 10.6 Å². The molecule has 2 aromatic rings. The molecule has 152 valence electrons. The van der Waals surface area contributed by atoms with Gasteiger partial charge in [0.1, 0.15) is 6.54 Å². The average molecular weight is 432 g/mol. The number of anilines is 2. The van der Waals surface area contributed by atoms with Gasteiger partial charge in [-0.3, -0.25) is 9.10 Å². The molecule has 0 saturated carbocycles. The molecule has 0 bridgehead atoms. The van der Waals surface area contributed by atoms with Gasteiger partial charge < -0.3 is 5.32 Å². The van der Waals surface area contributed by atoms with Gasteiger partial charge in [-0.2, -0.15) is 13.2 Å². The highest BCUT2D eigenvalue weighted by molar-refractivity contribution is 7.99. The number of amides is 1. The maximum Gasteiger partial charge on any atom is 0.398 e. The third kappa shape index (κ3) is 6.45. The minimum Gasteiger partial charge on any atom is -0.323 e. The van der Waals surface area contributed by atoms with Crippen LogP contribution >= 0.6 is 11.8 Å². The molecule has 1 amide bonds. The van der Waals surface area contributed by atoms with Crippen molar-refractivity contribution in [1.29, 1.82) is 0 Å². The standard InChI is InChI=1S/C18H19F3N2O3S2/c1-13-7-3-5-9-15(13)23(28(2,25)26)11-17(24)22-14-8-4-6-10-16(14)27-12-18(19,20)21/h3-10H,11-12H2,1-2H3,(H,22,24). The zero-order valence-electron chi connectivity index (χ0n) is 15.2. The third-order valence-electron chi connectivity index (χ3n) is 3.62. The minimum absolute atomic E-state index is 0.194. The first-order valence-electron chi connectivity index (χ1n) is 8.09.